The van der Waals surface area contributed by atoms with Crippen LogP contribution >= 0.6 is 11.6 Å². The third-order valence-electron chi connectivity index (χ3n) is 6.13. The smallest absolute Gasteiger partial charge is 0.166 e. The van der Waals surface area contributed by atoms with E-state index in [-0.39, 0.29) is 17.6 Å². The van der Waals surface area contributed by atoms with Crippen LogP contribution in [0.5, 0.6) is 11.5 Å². The number of phenolic OH excluding ortho intramolecular Hbond substituents is 1. The van der Waals surface area contributed by atoms with Gasteiger partial charge >= 0.3 is 0 Å². The zero-order chi connectivity index (χ0) is 17.9. The molecule has 0 spiro atoms. The molecule has 0 saturated carbocycles. The van der Waals surface area contributed by atoms with E-state index in [1.54, 1.807) is 13.2 Å². The van der Waals surface area contributed by atoms with Crippen molar-refractivity contribution in [2.24, 2.45) is 0 Å². The second-order valence-corrected chi connectivity index (χ2v) is 7.62. The molecule has 0 radical (unpaired) electrons. The minimum Gasteiger partial charge on any atom is -0.504 e. The largest absolute Gasteiger partial charge is 0.504 e. The number of Topliss-reactive ketones (excluding diaryl/α,β-unsaturated/α-hetero) is 1. The van der Waals surface area contributed by atoms with E-state index >= 15 is 0 Å². The van der Waals surface area contributed by atoms with Gasteiger partial charge in [-0.3, -0.25) is 9.69 Å². The molecule has 6 heteroatoms. The van der Waals surface area contributed by atoms with Crippen molar-refractivity contribution >= 4 is 17.4 Å². The highest BCUT2D eigenvalue weighted by Crippen LogP contribution is 2.58. The standard InChI is InChI=1S/C19H22ClNO4/c1-21-5-4-19-9-14(22)15(24-2)7-11(19)13(21)6-10-12(20)8-16(25-3)18(23)17(10)19/h7-8,13,15,23H,4-6,9H2,1-3H3. The summed E-state index contributed by atoms with van der Waals surface area (Å²) in [5.74, 6) is 0.511. The van der Waals surface area contributed by atoms with Crippen LogP contribution in [0.4, 0.5) is 0 Å². The number of likely N-dealkylation sites (tertiary alicyclic amines) is 1. The Balaban J connectivity index is 2.03. The normalized spacial score (nSPS) is 31.2. The fourth-order valence-corrected chi connectivity index (χ4v) is 5.15. The number of piperidine rings is 1. The number of methoxy groups -OCH3 is 2. The van der Waals surface area contributed by atoms with Gasteiger partial charge < -0.3 is 14.6 Å². The van der Waals surface area contributed by atoms with Gasteiger partial charge in [-0.05, 0) is 43.6 Å². The number of ether oxygens (including phenoxy) is 2. The van der Waals surface area contributed by atoms with Gasteiger partial charge in [-0.1, -0.05) is 11.6 Å². The summed E-state index contributed by atoms with van der Waals surface area (Å²) in [7, 11) is 5.17. The Bertz CT molecular complexity index is 790. The molecule has 3 aliphatic rings. The average Bonchev–Trinajstić information content (AvgIpc) is 2.59. The molecule has 1 aromatic rings. The molecule has 0 amide bonds. The van der Waals surface area contributed by atoms with Gasteiger partial charge in [0.2, 0.25) is 0 Å². The van der Waals surface area contributed by atoms with Gasteiger partial charge in [-0.2, -0.15) is 0 Å². The molecule has 5 nitrogen and oxygen atoms in total. The zero-order valence-electron chi connectivity index (χ0n) is 14.6. The van der Waals surface area contributed by atoms with Crippen molar-refractivity contribution in [2.75, 3.05) is 27.8 Å². The summed E-state index contributed by atoms with van der Waals surface area (Å²) >= 11 is 6.54. The first kappa shape index (κ1) is 16.9. The van der Waals surface area contributed by atoms with E-state index < -0.39 is 11.5 Å². The Kier molecular flexibility index (Phi) is 3.87. The van der Waals surface area contributed by atoms with Crippen LogP contribution in [0.1, 0.15) is 24.0 Å². The zero-order valence-corrected chi connectivity index (χ0v) is 15.4. The van der Waals surface area contributed by atoms with E-state index in [9.17, 15) is 9.90 Å². The Labute approximate surface area is 152 Å². The van der Waals surface area contributed by atoms with Crippen LogP contribution in [0.2, 0.25) is 5.02 Å². The molecule has 1 N–H and O–H groups in total. The van der Waals surface area contributed by atoms with Crippen molar-refractivity contribution in [3.8, 4) is 11.5 Å². The number of aromatic hydroxyl groups is 1. The second kappa shape index (κ2) is 5.73. The molecule has 2 aliphatic carbocycles. The predicted octanol–water partition coefficient (Wildman–Crippen LogP) is 2.47. The van der Waals surface area contributed by atoms with Gasteiger partial charge in [0, 0.05) is 41.6 Å². The Hall–Kier alpha value is -1.56. The molecule has 1 aromatic carbocycles. The number of ketones is 1. The maximum absolute atomic E-state index is 12.7. The molecule has 134 valence electrons. The molecule has 25 heavy (non-hydrogen) atoms. The van der Waals surface area contributed by atoms with E-state index in [0.29, 0.717) is 23.6 Å². The number of likely N-dealkylation sites (N-methyl/N-ethyl adjacent to an activating group) is 1. The molecule has 1 aliphatic heterocycles. The Morgan fingerprint density at radius 1 is 1.40 bits per heavy atom. The molecular weight excluding hydrogens is 342 g/mol. The fourth-order valence-electron chi connectivity index (χ4n) is 4.88. The summed E-state index contributed by atoms with van der Waals surface area (Å²) < 4.78 is 10.7. The van der Waals surface area contributed by atoms with E-state index in [2.05, 4.69) is 11.9 Å². The van der Waals surface area contributed by atoms with Gasteiger partial charge in [-0.15, -0.1) is 0 Å². The second-order valence-electron chi connectivity index (χ2n) is 7.22. The van der Waals surface area contributed by atoms with Gasteiger partial charge in [0.05, 0.1) is 7.11 Å². The number of carbonyl (C=O) groups excluding carboxylic acids is 1. The van der Waals surface area contributed by atoms with Crippen LogP contribution in [0.3, 0.4) is 0 Å². The van der Waals surface area contributed by atoms with E-state index in [4.69, 9.17) is 21.1 Å². The van der Waals surface area contributed by atoms with Crippen molar-refractivity contribution in [1.82, 2.24) is 4.90 Å². The Morgan fingerprint density at radius 3 is 2.84 bits per heavy atom. The van der Waals surface area contributed by atoms with Crippen molar-refractivity contribution in [3.63, 3.8) is 0 Å². The molecule has 3 unspecified atom stereocenters. The lowest BCUT2D eigenvalue weighted by Gasteiger charge is -2.54. The van der Waals surface area contributed by atoms with Crippen LogP contribution in [-0.4, -0.2) is 55.7 Å². The van der Waals surface area contributed by atoms with Crippen LogP contribution in [0.25, 0.3) is 0 Å². The minimum atomic E-state index is -0.515. The van der Waals surface area contributed by atoms with Crippen molar-refractivity contribution in [3.05, 3.63) is 33.9 Å². The summed E-state index contributed by atoms with van der Waals surface area (Å²) in [6.45, 7) is 0.862. The van der Waals surface area contributed by atoms with Crippen LogP contribution in [0, 0.1) is 0 Å². The number of carbonyl (C=O) groups is 1. The van der Waals surface area contributed by atoms with Crippen molar-refractivity contribution < 1.29 is 19.4 Å². The van der Waals surface area contributed by atoms with Gasteiger partial charge in [0.1, 0.15) is 6.10 Å². The number of fused-ring (bicyclic) bond motifs is 1. The summed E-state index contributed by atoms with van der Waals surface area (Å²) in [6.07, 6.45) is 3.24. The highest BCUT2D eigenvalue weighted by atomic mass is 35.5. The monoisotopic (exact) mass is 363 g/mol. The fraction of sp³-hybridized carbons (Fsp3) is 0.526. The topological polar surface area (TPSA) is 59.0 Å². The molecular formula is C19H22ClNO4. The first-order valence-corrected chi connectivity index (χ1v) is 8.87. The summed E-state index contributed by atoms with van der Waals surface area (Å²) in [4.78, 5) is 15.0. The van der Waals surface area contributed by atoms with Gasteiger partial charge in [0.15, 0.2) is 17.3 Å². The highest BCUT2D eigenvalue weighted by Gasteiger charge is 2.54. The lowest BCUT2D eigenvalue weighted by atomic mass is 9.56. The SMILES string of the molecule is COc1cc(Cl)c2c(c1O)C13CCN(C)C(C2)C1=CC(OC)C(=O)C3. The van der Waals surface area contributed by atoms with Crippen LogP contribution in [0.15, 0.2) is 17.7 Å². The van der Waals surface area contributed by atoms with Crippen LogP contribution in [-0.2, 0) is 21.4 Å². The minimum absolute atomic E-state index is 0.0424. The third kappa shape index (κ3) is 2.19. The molecule has 1 fully saturated rings. The van der Waals surface area contributed by atoms with E-state index in [1.165, 1.54) is 12.7 Å². The quantitative estimate of drug-likeness (QED) is 0.818. The molecule has 1 saturated heterocycles. The predicted molar refractivity (Wildman–Crippen MR) is 94.6 cm³/mol. The van der Waals surface area contributed by atoms with Crippen molar-refractivity contribution in [2.45, 2.75) is 36.8 Å². The Morgan fingerprint density at radius 2 is 2.16 bits per heavy atom. The molecule has 1 heterocycles. The first-order valence-electron chi connectivity index (χ1n) is 8.49. The number of halogens is 1. The number of rotatable bonds is 2. The summed E-state index contributed by atoms with van der Waals surface area (Å²) in [5, 5.41) is 11.5. The van der Waals surface area contributed by atoms with E-state index in [1.807, 2.05) is 6.08 Å². The third-order valence-corrected chi connectivity index (χ3v) is 6.46. The summed E-state index contributed by atoms with van der Waals surface area (Å²) in [6, 6.07) is 1.83. The molecule has 0 aromatic heterocycles. The lowest BCUT2D eigenvalue weighted by molar-refractivity contribution is -0.129. The first-order chi connectivity index (χ1) is 11.9. The number of phenols is 1. The number of hydrogen-bond donors (Lipinski definition) is 1. The van der Waals surface area contributed by atoms with E-state index in [0.717, 1.165) is 24.1 Å². The number of benzene rings is 1. The maximum atomic E-state index is 12.7. The molecule has 3 atom stereocenters. The maximum Gasteiger partial charge on any atom is 0.166 e. The average molecular weight is 364 g/mol. The molecule has 4 rings (SSSR count). The van der Waals surface area contributed by atoms with Gasteiger partial charge in [0.25, 0.3) is 0 Å². The number of nitrogens with zero attached hydrogens (tertiary/aromatic N) is 1. The van der Waals surface area contributed by atoms with Gasteiger partial charge in [-0.25, -0.2) is 0 Å². The highest BCUT2D eigenvalue weighted by molar-refractivity contribution is 6.31. The molecule has 2 bridgehead atoms. The van der Waals surface area contributed by atoms with Crippen LogP contribution < -0.4 is 4.74 Å². The summed E-state index contributed by atoms with van der Waals surface area (Å²) in [5.41, 5.74) is 2.35. The van der Waals surface area contributed by atoms with Crippen molar-refractivity contribution in [1.29, 1.82) is 0 Å². The number of hydrogen-bond acceptors (Lipinski definition) is 5. The lowest BCUT2D eigenvalue weighted by Crippen LogP contribution is -2.57.